The summed E-state index contributed by atoms with van der Waals surface area (Å²) in [7, 11) is 0. The number of carboxylic acid groups (broad SMARTS) is 1. The van der Waals surface area contributed by atoms with Crippen LogP contribution in [0.4, 0.5) is 0 Å². The van der Waals surface area contributed by atoms with Crippen LogP contribution in [0.2, 0.25) is 0 Å². The van der Waals surface area contributed by atoms with E-state index in [9.17, 15) is 4.79 Å². The van der Waals surface area contributed by atoms with E-state index in [0.717, 1.165) is 12.0 Å². The Hall–Kier alpha value is -1.39. The molecule has 0 bridgehead atoms. The van der Waals surface area contributed by atoms with Gasteiger partial charge >= 0.3 is 5.97 Å². The average molecular weight is 224 g/mol. The molecule has 0 aliphatic carbocycles. The predicted octanol–water partition coefficient (Wildman–Crippen LogP) is 1.38. The molecule has 16 heavy (non-hydrogen) atoms. The predicted molar refractivity (Wildman–Crippen MR) is 59.2 cm³/mol. The van der Waals surface area contributed by atoms with Crippen LogP contribution in [0.1, 0.15) is 24.2 Å². The fraction of sp³-hybridized carbons (Fsp3) is 0.417. The molecule has 1 atom stereocenters. The van der Waals surface area contributed by atoms with Gasteiger partial charge in [0.15, 0.2) is 6.10 Å². The van der Waals surface area contributed by atoms with E-state index in [1.165, 1.54) is 0 Å². The summed E-state index contributed by atoms with van der Waals surface area (Å²) in [4.78, 5) is 11.0. The van der Waals surface area contributed by atoms with Gasteiger partial charge in [0, 0.05) is 0 Å². The van der Waals surface area contributed by atoms with Crippen LogP contribution in [0.15, 0.2) is 24.3 Å². The van der Waals surface area contributed by atoms with Gasteiger partial charge < -0.3 is 14.9 Å². The fourth-order valence-corrected chi connectivity index (χ4v) is 1.41. The minimum absolute atomic E-state index is 0.0203. The van der Waals surface area contributed by atoms with Crippen LogP contribution in [0.25, 0.3) is 0 Å². The number of aliphatic hydroxyl groups is 1. The van der Waals surface area contributed by atoms with Crippen molar-refractivity contribution in [2.75, 3.05) is 13.2 Å². The Morgan fingerprint density at radius 1 is 1.38 bits per heavy atom. The summed E-state index contributed by atoms with van der Waals surface area (Å²) >= 11 is 0. The molecule has 88 valence electrons. The molecule has 1 rings (SSSR count). The molecule has 0 aromatic heterocycles. The number of ether oxygens (including phenoxy) is 1. The number of rotatable bonds is 6. The molecular weight excluding hydrogens is 208 g/mol. The highest BCUT2D eigenvalue weighted by atomic mass is 16.5. The highest BCUT2D eigenvalue weighted by Crippen LogP contribution is 2.18. The summed E-state index contributed by atoms with van der Waals surface area (Å²) in [5.74, 6) is -1.04. The summed E-state index contributed by atoms with van der Waals surface area (Å²) in [5.41, 5.74) is 1.74. The number of hydrogen-bond acceptors (Lipinski definition) is 3. The number of carbonyl (C=O) groups is 1. The third kappa shape index (κ3) is 3.32. The van der Waals surface area contributed by atoms with Gasteiger partial charge in [0.05, 0.1) is 13.2 Å². The van der Waals surface area contributed by atoms with Gasteiger partial charge in [-0.1, -0.05) is 31.2 Å². The lowest BCUT2D eigenvalue weighted by atomic mass is 10.1. The van der Waals surface area contributed by atoms with Gasteiger partial charge in [-0.2, -0.15) is 0 Å². The number of benzene rings is 1. The van der Waals surface area contributed by atoms with E-state index >= 15 is 0 Å². The molecule has 0 aliphatic heterocycles. The Balaban J connectivity index is 2.79. The number of aryl methyl sites for hydroxylation is 1. The third-order valence-corrected chi connectivity index (χ3v) is 2.29. The first-order valence-corrected chi connectivity index (χ1v) is 5.23. The van der Waals surface area contributed by atoms with E-state index in [1.54, 1.807) is 12.1 Å². The highest BCUT2D eigenvalue weighted by Gasteiger charge is 2.19. The molecule has 0 heterocycles. The van der Waals surface area contributed by atoms with Crippen molar-refractivity contribution in [3.63, 3.8) is 0 Å². The van der Waals surface area contributed by atoms with Crippen molar-refractivity contribution in [2.24, 2.45) is 0 Å². The molecule has 1 aromatic carbocycles. The fourth-order valence-electron chi connectivity index (χ4n) is 1.41. The smallest absolute Gasteiger partial charge is 0.337 e. The van der Waals surface area contributed by atoms with E-state index in [1.807, 2.05) is 19.1 Å². The molecule has 1 aromatic rings. The van der Waals surface area contributed by atoms with Gasteiger partial charge in [0.25, 0.3) is 0 Å². The first-order chi connectivity index (χ1) is 7.69. The maximum Gasteiger partial charge on any atom is 0.337 e. The van der Waals surface area contributed by atoms with Gasteiger partial charge in [0.1, 0.15) is 0 Å². The van der Waals surface area contributed by atoms with Crippen molar-refractivity contribution in [3.8, 4) is 0 Å². The monoisotopic (exact) mass is 224 g/mol. The van der Waals surface area contributed by atoms with Crippen LogP contribution in [0.5, 0.6) is 0 Å². The van der Waals surface area contributed by atoms with E-state index in [-0.39, 0.29) is 13.2 Å². The van der Waals surface area contributed by atoms with Gasteiger partial charge in [-0.15, -0.1) is 0 Å². The second kappa shape index (κ2) is 6.25. The molecule has 0 saturated carbocycles. The lowest BCUT2D eigenvalue weighted by molar-refractivity contribution is -0.151. The van der Waals surface area contributed by atoms with E-state index in [2.05, 4.69) is 0 Å². The SMILES string of the molecule is CCc1ccc(C(OCCO)C(=O)O)cc1. The Bertz CT molecular complexity index is 331. The van der Waals surface area contributed by atoms with Crippen LogP contribution >= 0.6 is 0 Å². The summed E-state index contributed by atoms with van der Waals surface area (Å²) in [6, 6.07) is 7.26. The Morgan fingerprint density at radius 2 is 2.00 bits per heavy atom. The molecule has 4 nitrogen and oxygen atoms in total. The number of carboxylic acids is 1. The summed E-state index contributed by atoms with van der Waals surface area (Å²) in [6.45, 7) is 1.87. The molecule has 0 amide bonds. The second-order valence-electron chi connectivity index (χ2n) is 3.41. The maximum absolute atomic E-state index is 11.0. The average Bonchev–Trinajstić information content (AvgIpc) is 2.30. The van der Waals surface area contributed by atoms with Crippen molar-refractivity contribution in [2.45, 2.75) is 19.4 Å². The van der Waals surface area contributed by atoms with Crippen molar-refractivity contribution < 1.29 is 19.7 Å². The first kappa shape index (κ1) is 12.7. The Morgan fingerprint density at radius 3 is 2.44 bits per heavy atom. The maximum atomic E-state index is 11.0. The quantitative estimate of drug-likeness (QED) is 0.766. The third-order valence-electron chi connectivity index (χ3n) is 2.29. The lowest BCUT2D eigenvalue weighted by Crippen LogP contribution is -2.17. The Kier molecular flexibility index (Phi) is 4.95. The zero-order valence-corrected chi connectivity index (χ0v) is 9.22. The van der Waals surface area contributed by atoms with Gasteiger partial charge in [-0.3, -0.25) is 0 Å². The van der Waals surface area contributed by atoms with E-state index < -0.39 is 12.1 Å². The molecule has 4 heteroatoms. The Labute approximate surface area is 94.5 Å². The molecule has 0 fully saturated rings. The standard InChI is InChI=1S/C12H16O4/c1-2-9-3-5-10(6-4-9)11(12(14)15)16-8-7-13/h3-6,11,13H,2,7-8H2,1H3,(H,14,15). The zero-order chi connectivity index (χ0) is 12.0. The summed E-state index contributed by atoms with van der Waals surface area (Å²) < 4.78 is 5.06. The van der Waals surface area contributed by atoms with Crippen molar-refractivity contribution in [1.29, 1.82) is 0 Å². The van der Waals surface area contributed by atoms with E-state index in [0.29, 0.717) is 5.56 Å². The number of aliphatic hydroxyl groups excluding tert-OH is 1. The van der Waals surface area contributed by atoms with Gasteiger partial charge in [0.2, 0.25) is 0 Å². The molecule has 2 N–H and O–H groups in total. The molecule has 0 spiro atoms. The molecule has 1 unspecified atom stereocenters. The molecular formula is C12H16O4. The topological polar surface area (TPSA) is 66.8 Å². The van der Waals surface area contributed by atoms with Crippen LogP contribution in [0, 0.1) is 0 Å². The van der Waals surface area contributed by atoms with Gasteiger partial charge in [-0.05, 0) is 17.5 Å². The van der Waals surface area contributed by atoms with Crippen LogP contribution in [-0.4, -0.2) is 29.4 Å². The second-order valence-corrected chi connectivity index (χ2v) is 3.41. The zero-order valence-electron chi connectivity index (χ0n) is 9.22. The summed E-state index contributed by atoms with van der Waals surface area (Å²) in [5, 5.41) is 17.6. The number of aliphatic carboxylic acids is 1. The lowest BCUT2D eigenvalue weighted by Gasteiger charge is -2.13. The van der Waals surface area contributed by atoms with Crippen LogP contribution in [0.3, 0.4) is 0 Å². The van der Waals surface area contributed by atoms with Crippen LogP contribution < -0.4 is 0 Å². The normalized spacial score (nSPS) is 12.4. The number of hydrogen-bond donors (Lipinski definition) is 2. The molecule has 0 aliphatic rings. The molecule has 0 saturated heterocycles. The molecule has 0 radical (unpaired) electrons. The highest BCUT2D eigenvalue weighted by molar-refractivity contribution is 5.74. The van der Waals surface area contributed by atoms with Crippen LogP contribution in [-0.2, 0) is 16.0 Å². The van der Waals surface area contributed by atoms with Crippen molar-refractivity contribution >= 4 is 5.97 Å². The minimum atomic E-state index is -1.04. The van der Waals surface area contributed by atoms with E-state index in [4.69, 9.17) is 14.9 Å². The van der Waals surface area contributed by atoms with Gasteiger partial charge in [-0.25, -0.2) is 4.79 Å². The van der Waals surface area contributed by atoms with Crippen molar-refractivity contribution in [1.82, 2.24) is 0 Å². The van der Waals surface area contributed by atoms with Crippen molar-refractivity contribution in [3.05, 3.63) is 35.4 Å². The summed E-state index contributed by atoms with van der Waals surface area (Å²) in [6.07, 6.45) is -0.0896. The first-order valence-electron chi connectivity index (χ1n) is 5.23. The minimum Gasteiger partial charge on any atom is -0.479 e. The largest absolute Gasteiger partial charge is 0.479 e.